The van der Waals surface area contributed by atoms with Gasteiger partial charge < -0.3 is 15.3 Å². The molecule has 0 bridgehead atoms. The number of likely N-dealkylation sites (tertiary alicyclic amines) is 1. The SMILES string of the molecule is CC(C)(C)C1CC(Nc2cccc([N+](=O)[O-])c2)CCN1C(=O)O. The van der Waals surface area contributed by atoms with E-state index in [1.165, 1.54) is 17.0 Å². The molecule has 0 saturated carbocycles. The fraction of sp³-hybridized carbons (Fsp3) is 0.562. The fourth-order valence-electron chi connectivity index (χ4n) is 3.09. The monoisotopic (exact) mass is 321 g/mol. The van der Waals surface area contributed by atoms with Crippen molar-refractivity contribution in [3.63, 3.8) is 0 Å². The predicted molar refractivity (Wildman–Crippen MR) is 87.7 cm³/mol. The first-order valence-electron chi connectivity index (χ1n) is 7.69. The summed E-state index contributed by atoms with van der Waals surface area (Å²) in [5.74, 6) is 0. The first kappa shape index (κ1) is 17.1. The maximum Gasteiger partial charge on any atom is 0.407 e. The average Bonchev–Trinajstić information content (AvgIpc) is 2.46. The molecule has 1 aromatic carbocycles. The zero-order valence-electron chi connectivity index (χ0n) is 13.7. The molecule has 2 N–H and O–H groups in total. The minimum atomic E-state index is -0.890. The third-order valence-electron chi connectivity index (χ3n) is 4.28. The quantitative estimate of drug-likeness (QED) is 0.655. The van der Waals surface area contributed by atoms with Gasteiger partial charge in [-0.3, -0.25) is 10.1 Å². The van der Waals surface area contributed by atoms with Gasteiger partial charge in [-0.05, 0) is 24.3 Å². The van der Waals surface area contributed by atoms with Crippen LogP contribution in [0.1, 0.15) is 33.6 Å². The molecule has 1 aromatic rings. The molecule has 1 aliphatic rings. The lowest BCUT2D eigenvalue weighted by Gasteiger charge is -2.44. The summed E-state index contributed by atoms with van der Waals surface area (Å²) in [7, 11) is 0. The molecule has 0 spiro atoms. The Morgan fingerprint density at radius 1 is 1.43 bits per heavy atom. The maximum atomic E-state index is 11.4. The van der Waals surface area contributed by atoms with E-state index in [4.69, 9.17) is 0 Å². The van der Waals surface area contributed by atoms with Crippen molar-refractivity contribution in [2.24, 2.45) is 5.41 Å². The Hall–Kier alpha value is -2.31. The number of anilines is 1. The maximum absolute atomic E-state index is 11.4. The van der Waals surface area contributed by atoms with Crippen LogP contribution < -0.4 is 5.32 Å². The second-order valence-electron chi connectivity index (χ2n) is 7.03. The summed E-state index contributed by atoms with van der Waals surface area (Å²) in [5, 5.41) is 23.5. The molecule has 7 heteroatoms. The standard InChI is InChI=1S/C16H23N3O4/c1-16(2,3)14-10-12(7-8-18(14)15(20)21)17-11-5-4-6-13(9-11)19(22)23/h4-6,9,12,14,17H,7-8,10H2,1-3H3,(H,20,21). The Labute approximate surface area is 135 Å². The fourth-order valence-corrected chi connectivity index (χ4v) is 3.09. The van der Waals surface area contributed by atoms with Crippen LogP contribution in [0.3, 0.4) is 0 Å². The van der Waals surface area contributed by atoms with E-state index >= 15 is 0 Å². The number of nitrogens with zero attached hydrogens (tertiary/aromatic N) is 2. The van der Waals surface area contributed by atoms with Crippen molar-refractivity contribution in [2.75, 3.05) is 11.9 Å². The smallest absolute Gasteiger partial charge is 0.407 e. The van der Waals surface area contributed by atoms with Crippen LogP contribution in [-0.2, 0) is 0 Å². The summed E-state index contributed by atoms with van der Waals surface area (Å²) in [4.78, 5) is 23.4. The largest absolute Gasteiger partial charge is 0.465 e. The van der Waals surface area contributed by atoms with Gasteiger partial charge in [0, 0.05) is 36.4 Å². The van der Waals surface area contributed by atoms with Crippen molar-refractivity contribution >= 4 is 17.5 Å². The summed E-state index contributed by atoms with van der Waals surface area (Å²) in [6.07, 6.45) is 0.471. The second-order valence-corrected chi connectivity index (χ2v) is 7.03. The Bertz CT molecular complexity index is 597. The van der Waals surface area contributed by atoms with Crippen LogP contribution in [0.2, 0.25) is 0 Å². The van der Waals surface area contributed by atoms with Crippen LogP contribution in [0.5, 0.6) is 0 Å². The van der Waals surface area contributed by atoms with Gasteiger partial charge in [0.25, 0.3) is 5.69 Å². The predicted octanol–water partition coefficient (Wildman–Crippen LogP) is 3.56. The van der Waals surface area contributed by atoms with E-state index in [0.29, 0.717) is 25.1 Å². The Balaban J connectivity index is 2.12. The molecule has 2 rings (SSSR count). The second kappa shape index (κ2) is 6.44. The first-order chi connectivity index (χ1) is 10.7. The molecule has 1 fully saturated rings. The van der Waals surface area contributed by atoms with Crippen LogP contribution in [-0.4, -0.2) is 39.7 Å². The highest BCUT2D eigenvalue weighted by Crippen LogP contribution is 2.33. The summed E-state index contributed by atoms with van der Waals surface area (Å²) in [5.41, 5.74) is 0.576. The van der Waals surface area contributed by atoms with Crippen molar-refractivity contribution in [3.05, 3.63) is 34.4 Å². The molecule has 2 unspecified atom stereocenters. The van der Waals surface area contributed by atoms with Crippen LogP contribution in [0.15, 0.2) is 24.3 Å². The number of hydrogen-bond donors (Lipinski definition) is 2. The van der Waals surface area contributed by atoms with Gasteiger partial charge in [-0.25, -0.2) is 4.79 Å². The lowest BCUT2D eigenvalue weighted by Crippen LogP contribution is -2.54. The zero-order valence-corrected chi connectivity index (χ0v) is 13.7. The molecule has 2 atom stereocenters. The summed E-state index contributed by atoms with van der Waals surface area (Å²) in [6, 6.07) is 6.41. The van der Waals surface area contributed by atoms with E-state index in [9.17, 15) is 20.0 Å². The van der Waals surface area contributed by atoms with Crippen LogP contribution in [0.4, 0.5) is 16.2 Å². The number of carboxylic acid groups (broad SMARTS) is 1. The minimum absolute atomic E-state index is 0.0466. The molecule has 0 aliphatic carbocycles. The number of amides is 1. The number of nitrogens with one attached hydrogen (secondary N) is 1. The Morgan fingerprint density at radius 3 is 2.70 bits per heavy atom. The van der Waals surface area contributed by atoms with Gasteiger partial charge in [0.05, 0.1) is 4.92 Å². The van der Waals surface area contributed by atoms with Crippen LogP contribution >= 0.6 is 0 Å². The topological polar surface area (TPSA) is 95.7 Å². The van der Waals surface area contributed by atoms with Gasteiger partial charge in [0.2, 0.25) is 0 Å². The van der Waals surface area contributed by atoms with Crippen molar-refractivity contribution in [3.8, 4) is 0 Å². The van der Waals surface area contributed by atoms with E-state index in [2.05, 4.69) is 5.32 Å². The molecule has 23 heavy (non-hydrogen) atoms. The molecular weight excluding hydrogens is 298 g/mol. The number of carbonyl (C=O) groups is 1. The molecular formula is C16H23N3O4. The van der Waals surface area contributed by atoms with Crippen molar-refractivity contribution in [1.29, 1.82) is 0 Å². The first-order valence-corrected chi connectivity index (χ1v) is 7.69. The number of hydrogen-bond acceptors (Lipinski definition) is 4. The molecule has 126 valence electrons. The normalized spacial score (nSPS) is 21.8. The molecule has 1 amide bonds. The third-order valence-corrected chi connectivity index (χ3v) is 4.28. The van der Waals surface area contributed by atoms with Crippen molar-refractivity contribution in [1.82, 2.24) is 4.90 Å². The average molecular weight is 321 g/mol. The Morgan fingerprint density at radius 2 is 2.13 bits per heavy atom. The summed E-state index contributed by atoms with van der Waals surface area (Å²) in [6.45, 7) is 6.56. The highest BCUT2D eigenvalue weighted by molar-refractivity contribution is 5.66. The number of nitro benzene ring substituents is 1. The minimum Gasteiger partial charge on any atom is -0.465 e. The zero-order chi connectivity index (χ0) is 17.2. The highest BCUT2D eigenvalue weighted by Gasteiger charge is 2.38. The summed E-state index contributed by atoms with van der Waals surface area (Å²) < 4.78 is 0. The molecule has 1 heterocycles. The van der Waals surface area contributed by atoms with E-state index in [1.807, 2.05) is 20.8 Å². The molecule has 1 aliphatic heterocycles. The number of rotatable bonds is 3. The molecule has 7 nitrogen and oxygen atoms in total. The van der Waals surface area contributed by atoms with E-state index in [1.54, 1.807) is 12.1 Å². The number of benzene rings is 1. The highest BCUT2D eigenvalue weighted by atomic mass is 16.6. The van der Waals surface area contributed by atoms with Gasteiger partial charge in [-0.2, -0.15) is 0 Å². The van der Waals surface area contributed by atoms with Crippen LogP contribution in [0, 0.1) is 15.5 Å². The van der Waals surface area contributed by atoms with E-state index in [-0.39, 0.29) is 23.2 Å². The van der Waals surface area contributed by atoms with Crippen molar-refractivity contribution in [2.45, 2.75) is 45.7 Å². The van der Waals surface area contributed by atoms with Gasteiger partial charge >= 0.3 is 6.09 Å². The van der Waals surface area contributed by atoms with Crippen molar-refractivity contribution < 1.29 is 14.8 Å². The number of non-ortho nitro benzene ring substituents is 1. The van der Waals surface area contributed by atoms with E-state index < -0.39 is 11.0 Å². The van der Waals surface area contributed by atoms with Gasteiger partial charge in [-0.15, -0.1) is 0 Å². The number of piperidine rings is 1. The van der Waals surface area contributed by atoms with Gasteiger partial charge in [0.15, 0.2) is 0 Å². The molecule has 0 aromatic heterocycles. The Kier molecular flexibility index (Phi) is 4.77. The van der Waals surface area contributed by atoms with Gasteiger partial charge in [0.1, 0.15) is 0 Å². The van der Waals surface area contributed by atoms with Crippen LogP contribution in [0.25, 0.3) is 0 Å². The third kappa shape index (κ3) is 4.12. The lowest BCUT2D eigenvalue weighted by atomic mass is 9.79. The number of nitro groups is 1. The molecule has 1 saturated heterocycles. The van der Waals surface area contributed by atoms with Gasteiger partial charge in [-0.1, -0.05) is 26.8 Å². The lowest BCUT2D eigenvalue weighted by molar-refractivity contribution is -0.384. The summed E-state index contributed by atoms with van der Waals surface area (Å²) >= 11 is 0. The molecule has 0 radical (unpaired) electrons. The van der Waals surface area contributed by atoms with E-state index in [0.717, 1.165) is 0 Å².